The summed E-state index contributed by atoms with van der Waals surface area (Å²) < 4.78 is 6.48. The van der Waals surface area contributed by atoms with Crippen molar-refractivity contribution >= 4 is 88.4 Å². The van der Waals surface area contributed by atoms with Crippen molar-refractivity contribution in [3.05, 3.63) is 193 Å². The Morgan fingerprint density at radius 2 is 0.963 bits per heavy atom. The lowest BCUT2D eigenvalue weighted by molar-refractivity contribution is 0.634. The molecule has 11 rings (SSSR count). The number of fused-ring (bicyclic) bond motifs is 12. The minimum Gasteiger partial charge on any atom is -0.456 e. The summed E-state index contributed by atoms with van der Waals surface area (Å²) in [5.74, 6) is 0. The quantitative estimate of drug-likeness (QED) is 0.171. The first-order valence-electron chi connectivity index (χ1n) is 18.7. The molecule has 0 atom stereocenters. The average molecular weight is 693 g/mol. The van der Waals surface area contributed by atoms with Gasteiger partial charge in [0.2, 0.25) is 0 Å². The van der Waals surface area contributed by atoms with E-state index in [-0.39, 0.29) is 5.41 Å². The van der Waals surface area contributed by atoms with Crippen LogP contribution in [0.25, 0.3) is 54.3 Å². The molecule has 0 aliphatic carbocycles. The van der Waals surface area contributed by atoms with Crippen molar-refractivity contribution in [2.75, 3.05) is 9.80 Å². The van der Waals surface area contributed by atoms with Gasteiger partial charge in [-0.1, -0.05) is 123 Å². The Morgan fingerprint density at radius 3 is 1.67 bits per heavy atom. The fraction of sp³-hybridized carbons (Fsp3) is 0.0588. The maximum Gasteiger partial charge on any atom is 0.135 e. The number of hydrogen-bond acceptors (Lipinski definition) is 3. The highest BCUT2D eigenvalue weighted by molar-refractivity contribution is 6.25. The molecule has 9 aromatic carbocycles. The number of hydrogen-bond donors (Lipinski definition) is 0. The van der Waals surface area contributed by atoms with Crippen LogP contribution in [0.1, 0.15) is 25.0 Å². The second-order valence-electron chi connectivity index (χ2n) is 14.9. The summed E-state index contributed by atoms with van der Waals surface area (Å²) in [6.45, 7) is 4.75. The summed E-state index contributed by atoms with van der Waals surface area (Å²) in [6, 6.07) is 65.9. The van der Waals surface area contributed by atoms with Crippen LogP contribution in [0.4, 0.5) is 34.1 Å². The topological polar surface area (TPSA) is 19.6 Å². The number of rotatable bonds is 4. The Bertz CT molecular complexity index is 3050. The van der Waals surface area contributed by atoms with Crippen LogP contribution in [-0.2, 0) is 5.41 Å². The van der Waals surface area contributed by atoms with E-state index >= 15 is 0 Å². The van der Waals surface area contributed by atoms with Crippen molar-refractivity contribution in [3.8, 4) is 0 Å². The van der Waals surface area contributed by atoms with E-state index in [1.54, 1.807) is 0 Å². The van der Waals surface area contributed by atoms with Gasteiger partial charge in [0.1, 0.15) is 11.2 Å². The molecule has 256 valence electrons. The van der Waals surface area contributed by atoms with Crippen LogP contribution in [0, 0.1) is 0 Å². The van der Waals surface area contributed by atoms with Gasteiger partial charge < -0.3 is 14.2 Å². The lowest BCUT2D eigenvalue weighted by atomic mass is 9.71. The van der Waals surface area contributed by atoms with E-state index in [2.05, 4.69) is 206 Å². The van der Waals surface area contributed by atoms with Crippen LogP contribution < -0.4 is 9.80 Å². The molecule has 0 fully saturated rings. The fourth-order valence-corrected chi connectivity index (χ4v) is 9.16. The molecule has 0 spiro atoms. The van der Waals surface area contributed by atoms with Gasteiger partial charge in [-0.05, 0) is 116 Å². The normalized spacial score (nSPS) is 13.5. The van der Waals surface area contributed by atoms with Gasteiger partial charge in [0.05, 0.1) is 11.4 Å². The van der Waals surface area contributed by atoms with Gasteiger partial charge in [-0.2, -0.15) is 0 Å². The third-order valence-corrected chi connectivity index (χ3v) is 11.6. The predicted molar refractivity (Wildman–Crippen MR) is 228 cm³/mol. The molecule has 0 unspecified atom stereocenters. The molecule has 2 heterocycles. The monoisotopic (exact) mass is 692 g/mol. The van der Waals surface area contributed by atoms with E-state index in [0.29, 0.717) is 0 Å². The number of anilines is 6. The maximum atomic E-state index is 6.48. The van der Waals surface area contributed by atoms with Crippen molar-refractivity contribution in [3.63, 3.8) is 0 Å². The van der Waals surface area contributed by atoms with E-state index in [1.807, 2.05) is 0 Å². The van der Waals surface area contributed by atoms with Crippen molar-refractivity contribution in [1.82, 2.24) is 0 Å². The lowest BCUT2D eigenvalue weighted by Gasteiger charge is -2.43. The molecule has 1 aliphatic rings. The molecule has 1 aliphatic heterocycles. The number of benzene rings is 9. The van der Waals surface area contributed by atoms with Crippen LogP contribution in [0.5, 0.6) is 0 Å². The van der Waals surface area contributed by atoms with E-state index in [1.165, 1.54) is 60.2 Å². The van der Waals surface area contributed by atoms with Gasteiger partial charge in [0, 0.05) is 38.9 Å². The Balaban J connectivity index is 1.17. The molecule has 3 heteroatoms. The average Bonchev–Trinajstić information content (AvgIpc) is 3.61. The number of para-hydroxylation sites is 3. The minimum absolute atomic E-state index is 0.362. The molecular weight excluding hydrogens is 657 g/mol. The van der Waals surface area contributed by atoms with Crippen LogP contribution in [-0.4, -0.2) is 0 Å². The molecule has 0 saturated carbocycles. The van der Waals surface area contributed by atoms with E-state index < -0.39 is 0 Å². The zero-order valence-corrected chi connectivity index (χ0v) is 30.1. The smallest absolute Gasteiger partial charge is 0.135 e. The van der Waals surface area contributed by atoms with Gasteiger partial charge >= 0.3 is 0 Å². The number of nitrogens with zero attached hydrogens (tertiary/aromatic N) is 2. The first-order valence-corrected chi connectivity index (χ1v) is 18.7. The standard InChI is InChI=1S/C51H36N2O/c1-51(2)44-32-36(26-28-45(44)53(34-17-7-4-8-18-34)46-29-30-48-49(50(46)51)42-23-13-14-24-47(42)54-48)52(33-15-5-3-6-16-33)35-25-27-41-39-21-10-9-19-37(39)38-20-11-12-22-40(38)43(41)31-35/h3-32H,1-2H3. The van der Waals surface area contributed by atoms with Crippen LogP contribution in [0.3, 0.4) is 0 Å². The van der Waals surface area contributed by atoms with E-state index in [4.69, 9.17) is 4.42 Å². The highest BCUT2D eigenvalue weighted by Crippen LogP contribution is 2.56. The molecule has 0 N–H and O–H groups in total. The summed E-state index contributed by atoms with van der Waals surface area (Å²) in [6.07, 6.45) is 0. The van der Waals surface area contributed by atoms with Crippen LogP contribution in [0.15, 0.2) is 186 Å². The van der Waals surface area contributed by atoms with Gasteiger partial charge in [-0.3, -0.25) is 0 Å². The third-order valence-electron chi connectivity index (χ3n) is 11.6. The molecule has 0 radical (unpaired) electrons. The largest absolute Gasteiger partial charge is 0.456 e. The highest BCUT2D eigenvalue weighted by atomic mass is 16.3. The van der Waals surface area contributed by atoms with Crippen molar-refractivity contribution in [1.29, 1.82) is 0 Å². The summed E-state index contributed by atoms with van der Waals surface area (Å²) in [5.41, 5.74) is 10.8. The molecule has 3 nitrogen and oxygen atoms in total. The van der Waals surface area contributed by atoms with Gasteiger partial charge in [-0.25, -0.2) is 0 Å². The Morgan fingerprint density at radius 1 is 0.426 bits per heavy atom. The minimum atomic E-state index is -0.362. The van der Waals surface area contributed by atoms with Gasteiger partial charge in [0.15, 0.2) is 0 Å². The zero-order chi connectivity index (χ0) is 36.0. The van der Waals surface area contributed by atoms with Crippen LogP contribution in [0.2, 0.25) is 0 Å². The van der Waals surface area contributed by atoms with Gasteiger partial charge in [0.25, 0.3) is 0 Å². The van der Waals surface area contributed by atoms with E-state index in [0.717, 1.165) is 39.3 Å². The third kappa shape index (κ3) is 4.42. The molecule has 1 aromatic heterocycles. The Labute approximate surface area is 313 Å². The predicted octanol–water partition coefficient (Wildman–Crippen LogP) is 14.6. The number of furan rings is 1. The van der Waals surface area contributed by atoms with Crippen LogP contribution >= 0.6 is 0 Å². The SMILES string of the molecule is CC1(C)c2cc(N(c3ccccc3)c3ccc4c5ccccc5c5ccccc5c4c3)ccc2N(c2ccccc2)c2ccc3oc4ccccc4c3c21. The van der Waals surface area contributed by atoms with Crippen molar-refractivity contribution in [2.45, 2.75) is 19.3 Å². The second-order valence-corrected chi connectivity index (χ2v) is 14.9. The van der Waals surface area contributed by atoms with E-state index in [9.17, 15) is 0 Å². The molecular formula is C51H36N2O. The Kier molecular flexibility index (Phi) is 6.60. The molecule has 0 saturated heterocycles. The summed E-state index contributed by atoms with van der Waals surface area (Å²) in [4.78, 5) is 4.84. The van der Waals surface area contributed by atoms with Crippen molar-refractivity contribution < 1.29 is 4.42 Å². The Hall–Kier alpha value is -6.84. The maximum absolute atomic E-state index is 6.48. The molecule has 0 bridgehead atoms. The highest BCUT2D eigenvalue weighted by Gasteiger charge is 2.40. The second kappa shape index (κ2) is 11.6. The first-order chi connectivity index (χ1) is 26.6. The lowest BCUT2D eigenvalue weighted by Crippen LogP contribution is -2.31. The molecule has 54 heavy (non-hydrogen) atoms. The van der Waals surface area contributed by atoms with Gasteiger partial charge in [-0.15, -0.1) is 0 Å². The molecule has 0 amide bonds. The molecule has 10 aromatic rings. The zero-order valence-electron chi connectivity index (χ0n) is 30.1. The first kappa shape index (κ1) is 30.8. The summed E-state index contributed by atoms with van der Waals surface area (Å²) >= 11 is 0. The van der Waals surface area contributed by atoms with Crippen molar-refractivity contribution in [2.24, 2.45) is 0 Å². The summed E-state index contributed by atoms with van der Waals surface area (Å²) in [5, 5.41) is 9.94. The summed E-state index contributed by atoms with van der Waals surface area (Å²) in [7, 11) is 0. The fourth-order valence-electron chi connectivity index (χ4n) is 9.16.